The van der Waals surface area contributed by atoms with Crippen molar-refractivity contribution in [2.24, 2.45) is 11.5 Å². The summed E-state index contributed by atoms with van der Waals surface area (Å²) in [5.74, 6) is -2.18. The number of nitrogens with one attached hydrogen (secondary N) is 1. The molecule has 0 radical (unpaired) electrons. The molecule has 0 saturated carbocycles. The molecule has 1 rings (SSSR count). The lowest BCUT2D eigenvalue weighted by Crippen LogP contribution is -2.33. The van der Waals surface area contributed by atoms with E-state index in [0.717, 1.165) is 5.69 Å². The fraction of sp³-hybridized carbons (Fsp3) is 0.444. The van der Waals surface area contributed by atoms with Gasteiger partial charge in [-0.15, -0.1) is 0 Å². The Morgan fingerprint density at radius 1 is 1.28 bits per heavy atom. The first-order chi connectivity index (χ1) is 8.38. The van der Waals surface area contributed by atoms with Crippen molar-refractivity contribution >= 4 is 11.9 Å². The minimum atomic E-state index is -1.18. The highest BCUT2D eigenvalue weighted by Gasteiger charge is 2.12. The molecule has 2 atom stereocenters. The van der Waals surface area contributed by atoms with Gasteiger partial charge in [-0.3, -0.25) is 9.59 Å². The first-order valence-electron chi connectivity index (χ1n) is 4.93. The normalized spacial score (nSPS) is 13.1. The Kier molecular flexibility index (Phi) is 7.28. The van der Waals surface area contributed by atoms with E-state index < -0.39 is 30.6 Å². The molecule has 1 aromatic rings. The van der Waals surface area contributed by atoms with Crippen molar-refractivity contribution < 1.29 is 24.9 Å². The topological polar surface area (TPSA) is 176 Å². The lowest BCUT2D eigenvalue weighted by atomic mass is 10.2. The van der Waals surface area contributed by atoms with Crippen molar-refractivity contribution in [1.82, 2.24) is 9.97 Å². The van der Waals surface area contributed by atoms with Crippen LogP contribution in [0.15, 0.2) is 12.5 Å². The standard InChI is InChI=1S/C6H9N3O2.C3H7NO3/c7-5(6(10)11)1-4-2-8-3-9-4;4-2(1-5)3(6)7/h2-3,5H,1,7H2,(H,8,9)(H,10,11);2,5H,1,4H2,(H,6,7). The molecule has 102 valence electrons. The molecular weight excluding hydrogens is 244 g/mol. The largest absolute Gasteiger partial charge is 0.480 e. The number of aromatic amines is 1. The van der Waals surface area contributed by atoms with Gasteiger partial charge < -0.3 is 31.8 Å². The van der Waals surface area contributed by atoms with Crippen LogP contribution in [0.5, 0.6) is 0 Å². The van der Waals surface area contributed by atoms with Crippen LogP contribution in [0.25, 0.3) is 0 Å². The molecule has 0 fully saturated rings. The predicted octanol–water partition coefficient (Wildman–Crippen LogP) is -2.25. The number of hydrogen-bond donors (Lipinski definition) is 6. The average Bonchev–Trinajstić information content (AvgIpc) is 2.81. The summed E-state index contributed by atoms with van der Waals surface area (Å²) in [6.07, 6.45) is 3.34. The second-order valence-electron chi connectivity index (χ2n) is 3.35. The summed E-state index contributed by atoms with van der Waals surface area (Å²) >= 11 is 0. The number of nitrogens with zero attached hydrogens (tertiary/aromatic N) is 1. The van der Waals surface area contributed by atoms with Crippen LogP contribution in [0.1, 0.15) is 5.69 Å². The van der Waals surface area contributed by atoms with Gasteiger partial charge in [0.2, 0.25) is 0 Å². The maximum absolute atomic E-state index is 10.3. The quantitative estimate of drug-likeness (QED) is 0.344. The summed E-state index contributed by atoms with van der Waals surface area (Å²) in [4.78, 5) is 26.4. The van der Waals surface area contributed by atoms with Gasteiger partial charge in [0.15, 0.2) is 0 Å². The van der Waals surface area contributed by atoms with Gasteiger partial charge in [0.25, 0.3) is 0 Å². The predicted molar refractivity (Wildman–Crippen MR) is 60.6 cm³/mol. The number of aliphatic carboxylic acids is 2. The van der Waals surface area contributed by atoms with Gasteiger partial charge in [0, 0.05) is 18.3 Å². The highest BCUT2D eigenvalue weighted by Crippen LogP contribution is 1.95. The number of hydrogen-bond acceptors (Lipinski definition) is 6. The summed E-state index contributed by atoms with van der Waals surface area (Å²) in [5.41, 5.74) is 10.8. The minimum Gasteiger partial charge on any atom is -0.480 e. The van der Waals surface area contributed by atoms with Crippen molar-refractivity contribution in [3.8, 4) is 0 Å². The Morgan fingerprint density at radius 3 is 2.11 bits per heavy atom. The first kappa shape index (κ1) is 16.0. The molecule has 1 aromatic heterocycles. The van der Waals surface area contributed by atoms with E-state index in [1.54, 1.807) is 6.20 Å². The lowest BCUT2D eigenvalue weighted by Gasteiger charge is -2.02. The van der Waals surface area contributed by atoms with Gasteiger partial charge in [0.05, 0.1) is 12.9 Å². The number of aliphatic hydroxyl groups excluding tert-OH is 1. The molecule has 0 aromatic carbocycles. The lowest BCUT2D eigenvalue weighted by molar-refractivity contribution is -0.140. The van der Waals surface area contributed by atoms with E-state index in [1.807, 2.05) is 0 Å². The van der Waals surface area contributed by atoms with E-state index in [-0.39, 0.29) is 6.42 Å². The third-order valence-electron chi connectivity index (χ3n) is 1.83. The monoisotopic (exact) mass is 260 g/mol. The number of aliphatic hydroxyl groups is 1. The SMILES string of the molecule is NC(CO)C(=O)O.NC(Cc1cnc[nH]1)C(=O)O. The summed E-state index contributed by atoms with van der Waals surface area (Å²) in [6.45, 7) is -0.505. The first-order valence-corrected chi connectivity index (χ1v) is 4.93. The van der Waals surface area contributed by atoms with Gasteiger partial charge in [-0.05, 0) is 0 Å². The van der Waals surface area contributed by atoms with Crippen LogP contribution >= 0.6 is 0 Å². The summed E-state index contributed by atoms with van der Waals surface area (Å²) in [7, 11) is 0. The zero-order valence-corrected chi connectivity index (χ0v) is 9.48. The van der Waals surface area contributed by atoms with Crippen LogP contribution in [-0.4, -0.2) is 55.9 Å². The highest BCUT2D eigenvalue weighted by atomic mass is 16.4. The second kappa shape index (κ2) is 8.17. The summed E-state index contributed by atoms with van der Waals surface area (Å²) in [6, 6.07) is -1.98. The molecule has 0 aliphatic rings. The van der Waals surface area contributed by atoms with E-state index in [0.29, 0.717) is 0 Å². The molecule has 9 nitrogen and oxygen atoms in total. The van der Waals surface area contributed by atoms with Crippen LogP contribution in [0, 0.1) is 0 Å². The van der Waals surface area contributed by atoms with Gasteiger partial charge in [0.1, 0.15) is 12.1 Å². The van der Waals surface area contributed by atoms with Crippen LogP contribution < -0.4 is 11.5 Å². The van der Waals surface area contributed by atoms with Crippen molar-refractivity contribution in [1.29, 1.82) is 0 Å². The summed E-state index contributed by atoms with van der Waals surface area (Å²) in [5, 5.41) is 24.3. The number of H-pyrrole nitrogens is 1. The van der Waals surface area contributed by atoms with Gasteiger partial charge in [-0.25, -0.2) is 4.98 Å². The number of carbonyl (C=O) groups is 2. The smallest absolute Gasteiger partial charge is 0.322 e. The van der Waals surface area contributed by atoms with Crippen molar-refractivity contribution in [3.63, 3.8) is 0 Å². The Bertz CT molecular complexity index is 367. The molecule has 0 aliphatic carbocycles. The summed E-state index contributed by atoms with van der Waals surface area (Å²) < 4.78 is 0. The molecular formula is C9H16N4O5. The van der Waals surface area contributed by atoms with E-state index in [4.69, 9.17) is 26.8 Å². The van der Waals surface area contributed by atoms with E-state index in [2.05, 4.69) is 9.97 Å². The molecule has 0 aliphatic heterocycles. The van der Waals surface area contributed by atoms with Crippen LogP contribution in [-0.2, 0) is 16.0 Å². The van der Waals surface area contributed by atoms with Crippen molar-refractivity contribution in [2.75, 3.05) is 6.61 Å². The van der Waals surface area contributed by atoms with Crippen LogP contribution in [0.4, 0.5) is 0 Å². The molecule has 18 heavy (non-hydrogen) atoms. The van der Waals surface area contributed by atoms with Gasteiger partial charge in [-0.2, -0.15) is 0 Å². The third kappa shape index (κ3) is 6.58. The fourth-order valence-corrected chi connectivity index (χ4v) is 0.799. The van der Waals surface area contributed by atoms with E-state index in [1.165, 1.54) is 6.33 Å². The Morgan fingerprint density at radius 2 is 1.83 bits per heavy atom. The van der Waals surface area contributed by atoms with Crippen molar-refractivity contribution in [2.45, 2.75) is 18.5 Å². The van der Waals surface area contributed by atoms with E-state index in [9.17, 15) is 9.59 Å². The van der Waals surface area contributed by atoms with Crippen LogP contribution in [0.3, 0.4) is 0 Å². The number of rotatable bonds is 5. The number of nitrogens with two attached hydrogens (primary N) is 2. The van der Waals surface area contributed by atoms with Crippen molar-refractivity contribution in [3.05, 3.63) is 18.2 Å². The molecule has 0 saturated heterocycles. The Labute approximate surface area is 102 Å². The highest BCUT2D eigenvalue weighted by molar-refractivity contribution is 5.73. The molecule has 0 bridgehead atoms. The van der Waals surface area contributed by atoms with Crippen LogP contribution in [0.2, 0.25) is 0 Å². The molecule has 9 heteroatoms. The average molecular weight is 260 g/mol. The number of imidazole rings is 1. The maximum atomic E-state index is 10.3. The molecule has 0 spiro atoms. The molecule has 8 N–H and O–H groups in total. The zero-order valence-electron chi connectivity index (χ0n) is 9.48. The Balaban J connectivity index is 0.000000360. The number of carboxylic acids is 2. The zero-order chi connectivity index (χ0) is 14.1. The fourth-order valence-electron chi connectivity index (χ4n) is 0.799. The minimum absolute atomic E-state index is 0.287. The maximum Gasteiger partial charge on any atom is 0.322 e. The number of aromatic nitrogens is 2. The molecule has 1 heterocycles. The molecule has 0 amide bonds. The second-order valence-corrected chi connectivity index (χ2v) is 3.35. The van der Waals surface area contributed by atoms with Gasteiger partial charge in [-0.1, -0.05) is 0 Å². The number of carboxylic acid groups (broad SMARTS) is 2. The van der Waals surface area contributed by atoms with Gasteiger partial charge >= 0.3 is 11.9 Å². The molecule has 2 unspecified atom stereocenters. The van der Waals surface area contributed by atoms with E-state index >= 15 is 0 Å². The third-order valence-corrected chi connectivity index (χ3v) is 1.83. The Hall–Kier alpha value is -1.97.